The van der Waals surface area contributed by atoms with Gasteiger partial charge in [0.25, 0.3) is 0 Å². The summed E-state index contributed by atoms with van der Waals surface area (Å²) in [6.45, 7) is 0. The molecule has 132 valence electrons. The van der Waals surface area contributed by atoms with E-state index in [1.165, 1.54) is 7.11 Å². The number of benzene rings is 1. The van der Waals surface area contributed by atoms with Crippen molar-refractivity contribution in [3.8, 4) is 17.4 Å². The minimum atomic E-state index is -0.0322. The Kier molecular flexibility index (Phi) is 3.88. The van der Waals surface area contributed by atoms with Crippen LogP contribution in [0.15, 0.2) is 35.9 Å². The molecule has 2 aromatic heterocycles. The van der Waals surface area contributed by atoms with Crippen LogP contribution in [0.25, 0.3) is 17.1 Å². The van der Waals surface area contributed by atoms with Crippen LogP contribution < -0.4 is 9.47 Å². The summed E-state index contributed by atoms with van der Waals surface area (Å²) in [7, 11) is 3.07. The van der Waals surface area contributed by atoms with Crippen LogP contribution in [0, 0.1) is 0 Å². The zero-order valence-corrected chi connectivity index (χ0v) is 14.5. The number of carbonyl (C=O) groups excluding carboxylic acids is 1. The highest BCUT2D eigenvalue weighted by atomic mass is 16.5. The molecule has 2 N–H and O–H groups in total. The van der Waals surface area contributed by atoms with Crippen molar-refractivity contribution in [3.63, 3.8) is 0 Å². The topological polar surface area (TPSA) is 84.4 Å². The molecule has 1 aromatic carbocycles. The average Bonchev–Trinajstić information content (AvgIpc) is 3.04. The molecule has 3 aromatic rings. The van der Waals surface area contributed by atoms with Crippen molar-refractivity contribution < 1.29 is 19.4 Å². The first kappa shape index (κ1) is 16.2. The number of ether oxygens (including phenoxy) is 2. The van der Waals surface area contributed by atoms with Gasteiger partial charge in [-0.2, -0.15) is 0 Å². The monoisotopic (exact) mass is 350 g/mol. The number of aromatic amines is 1. The average molecular weight is 350 g/mol. The predicted molar refractivity (Wildman–Crippen MR) is 97.9 cm³/mol. The van der Waals surface area contributed by atoms with Crippen molar-refractivity contribution in [3.05, 3.63) is 52.7 Å². The van der Waals surface area contributed by atoms with Crippen LogP contribution in [0.4, 0.5) is 0 Å². The molecule has 4 rings (SSSR count). The highest BCUT2D eigenvalue weighted by Crippen LogP contribution is 2.33. The van der Waals surface area contributed by atoms with Gasteiger partial charge in [-0.25, -0.2) is 4.98 Å². The number of pyridine rings is 1. The minimum absolute atomic E-state index is 0.0322. The Morgan fingerprint density at radius 3 is 2.77 bits per heavy atom. The Hall–Kier alpha value is -3.28. The summed E-state index contributed by atoms with van der Waals surface area (Å²) >= 11 is 0. The Morgan fingerprint density at radius 1 is 1.15 bits per heavy atom. The van der Waals surface area contributed by atoms with Crippen molar-refractivity contribution in [2.75, 3.05) is 14.2 Å². The number of Topliss-reactive ketones (excluding diaryl/α,β-unsaturated/α-hetero) is 1. The number of fused-ring (bicyclic) bond motifs is 3. The van der Waals surface area contributed by atoms with Crippen LogP contribution in [0.5, 0.6) is 17.4 Å². The normalized spacial score (nSPS) is 15.3. The van der Waals surface area contributed by atoms with Gasteiger partial charge in [-0.3, -0.25) is 4.79 Å². The highest BCUT2D eigenvalue weighted by molar-refractivity contribution is 6.14. The summed E-state index contributed by atoms with van der Waals surface area (Å²) in [6.07, 6.45) is 3.19. The molecule has 0 radical (unpaired) electrons. The van der Waals surface area contributed by atoms with Gasteiger partial charge >= 0.3 is 0 Å². The summed E-state index contributed by atoms with van der Waals surface area (Å²) in [5.41, 5.74) is 4.66. The number of phenols is 1. The van der Waals surface area contributed by atoms with Crippen LogP contribution in [0.1, 0.15) is 28.0 Å². The molecular formula is C20H18N2O4. The van der Waals surface area contributed by atoms with Crippen molar-refractivity contribution in [2.24, 2.45) is 0 Å². The maximum atomic E-state index is 12.9. The summed E-state index contributed by atoms with van der Waals surface area (Å²) in [4.78, 5) is 20.6. The van der Waals surface area contributed by atoms with Crippen LogP contribution in [0.3, 0.4) is 0 Å². The molecule has 6 heteroatoms. The van der Waals surface area contributed by atoms with Gasteiger partial charge < -0.3 is 19.6 Å². The fourth-order valence-corrected chi connectivity index (χ4v) is 3.31. The molecule has 0 bridgehead atoms. The van der Waals surface area contributed by atoms with Gasteiger partial charge in [0, 0.05) is 17.2 Å². The molecule has 0 fully saturated rings. The Bertz CT molecular complexity index is 1050. The van der Waals surface area contributed by atoms with Gasteiger partial charge in [0.2, 0.25) is 11.7 Å². The van der Waals surface area contributed by atoms with E-state index in [-0.39, 0.29) is 11.5 Å². The zero-order chi connectivity index (χ0) is 18.3. The molecule has 0 atom stereocenters. The standard InChI is InChI=1S/C20H18N2O4/c1-25-16-10-11(3-7-15(16)23)9-12-4-5-13-18-14(21-19(13)20(12)24)6-8-17(22-18)26-2/h3,6-10,21,23H,4-5H2,1-2H3/b12-9+. The number of hydrogen-bond donors (Lipinski definition) is 2. The predicted octanol–water partition coefficient (Wildman–Crippen LogP) is 3.50. The molecule has 0 unspecified atom stereocenters. The first-order chi connectivity index (χ1) is 12.6. The number of methoxy groups -OCH3 is 2. The van der Waals surface area contributed by atoms with Gasteiger partial charge in [0.15, 0.2) is 11.5 Å². The van der Waals surface area contributed by atoms with Crippen LogP contribution in [0.2, 0.25) is 0 Å². The second kappa shape index (κ2) is 6.22. The van der Waals surface area contributed by atoms with Gasteiger partial charge in [-0.05, 0) is 42.7 Å². The van der Waals surface area contributed by atoms with Crippen molar-refractivity contribution in [2.45, 2.75) is 12.8 Å². The number of hydrogen-bond acceptors (Lipinski definition) is 5. The molecule has 2 heterocycles. The Balaban J connectivity index is 1.74. The summed E-state index contributed by atoms with van der Waals surface area (Å²) in [6, 6.07) is 8.67. The van der Waals surface area contributed by atoms with Crippen LogP contribution in [-0.2, 0) is 6.42 Å². The number of aromatic nitrogens is 2. The first-order valence-electron chi connectivity index (χ1n) is 8.28. The number of ketones is 1. The van der Waals surface area contributed by atoms with E-state index in [0.29, 0.717) is 29.3 Å². The molecular weight excluding hydrogens is 332 g/mol. The molecule has 0 saturated heterocycles. The van der Waals surface area contributed by atoms with E-state index < -0.39 is 0 Å². The van der Waals surface area contributed by atoms with Gasteiger partial charge in [-0.1, -0.05) is 6.07 Å². The van der Waals surface area contributed by atoms with Crippen LogP contribution in [-0.4, -0.2) is 35.1 Å². The largest absolute Gasteiger partial charge is 0.504 e. The van der Waals surface area contributed by atoms with Crippen molar-refractivity contribution in [1.29, 1.82) is 0 Å². The number of aryl methyl sites for hydroxylation is 1. The van der Waals surface area contributed by atoms with Gasteiger partial charge in [-0.15, -0.1) is 0 Å². The molecule has 26 heavy (non-hydrogen) atoms. The lowest BCUT2D eigenvalue weighted by Crippen LogP contribution is -2.13. The molecule has 0 amide bonds. The Labute approximate surface area is 150 Å². The summed E-state index contributed by atoms with van der Waals surface area (Å²) in [5, 5.41) is 9.71. The van der Waals surface area contributed by atoms with Gasteiger partial charge in [0.1, 0.15) is 0 Å². The fourth-order valence-electron chi connectivity index (χ4n) is 3.31. The maximum Gasteiger partial charge on any atom is 0.213 e. The van der Waals surface area contributed by atoms with E-state index in [1.54, 1.807) is 31.4 Å². The SMILES string of the molecule is COc1ccc2[nH]c3c(c2n1)CC/C(=C\c1ccc(O)c(OC)c1)C3=O. The second-order valence-corrected chi connectivity index (χ2v) is 6.16. The third kappa shape index (κ3) is 2.60. The van der Waals surface area contributed by atoms with Crippen LogP contribution >= 0.6 is 0 Å². The van der Waals surface area contributed by atoms with E-state index in [0.717, 1.165) is 28.6 Å². The lowest BCUT2D eigenvalue weighted by Gasteiger charge is -2.14. The van der Waals surface area contributed by atoms with E-state index in [4.69, 9.17) is 9.47 Å². The number of aromatic hydroxyl groups is 1. The lowest BCUT2D eigenvalue weighted by molar-refractivity contribution is 0.102. The third-order valence-corrected chi connectivity index (χ3v) is 4.63. The number of nitrogens with zero attached hydrogens (tertiary/aromatic N) is 1. The highest BCUT2D eigenvalue weighted by Gasteiger charge is 2.26. The second-order valence-electron chi connectivity index (χ2n) is 6.16. The fraction of sp³-hybridized carbons (Fsp3) is 0.200. The zero-order valence-electron chi connectivity index (χ0n) is 14.5. The smallest absolute Gasteiger partial charge is 0.213 e. The van der Waals surface area contributed by atoms with Crippen molar-refractivity contribution >= 4 is 22.9 Å². The maximum absolute atomic E-state index is 12.9. The molecule has 0 aliphatic heterocycles. The summed E-state index contributed by atoms with van der Waals surface area (Å²) in [5.74, 6) is 0.951. The minimum Gasteiger partial charge on any atom is -0.504 e. The molecule has 0 saturated carbocycles. The number of nitrogens with one attached hydrogen (secondary N) is 1. The Morgan fingerprint density at radius 2 is 2.00 bits per heavy atom. The van der Waals surface area contributed by atoms with E-state index in [1.807, 2.05) is 12.1 Å². The molecule has 1 aliphatic carbocycles. The molecule has 0 spiro atoms. The molecule has 1 aliphatic rings. The number of allylic oxidation sites excluding steroid dienone is 1. The van der Waals surface area contributed by atoms with E-state index in [2.05, 4.69) is 9.97 Å². The quantitative estimate of drug-likeness (QED) is 0.706. The van der Waals surface area contributed by atoms with E-state index >= 15 is 0 Å². The van der Waals surface area contributed by atoms with Gasteiger partial charge in [0.05, 0.1) is 30.9 Å². The van der Waals surface area contributed by atoms with E-state index in [9.17, 15) is 9.90 Å². The summed E-state index contributed by atoms with van der Waals surface area (Å²) < 4.78 is 10.3. The lowest BCUT2D eigenvalue weighted by atomic mass is 9.90. The van der Waals surface area contributed by atoms with Crippen molar-refractivity contribution in [1.82, 2.24) is 9.97 Å². The molecule has 6 nitrogen and oxygen atoms in total. The third-order valence-electron chi connectivity index (χ3n) is 4.63. The number of phenolic OH excluding ortho intramolecular Hbond substituents is 1. The number of H-pyrrole nitrogens is 1. The first-order valence-corrected chi connectivity index (χ1v) is 8.28. The number of rotatable bonds is 3. The number of carbonyl (C=O) groups is 1.